The molecule has 0 unspecified atom stereocenters. The van der Waals surface area contributed by atoms with E-state index in [0.29, 0.717) is 68.9 Å². The molecule has 17 rings (SSSR count). The average molecular weight is 1480 g/mol. The van der Waals surface area contributed by atoms with Gasteiger partial charge in [0.15, 0.2) is 30.0 Å². The Morgan fingerprint density at radius 3 is 1.55 bits per heavy atom. The number of carboxylic acids is 1. The summed E-state index contributed by atoms with van der Waals surface area (Å²) in [5.41, 5.74) is 3.31. The molecule has 15 aromatic rings. The molecule has 11 heterocycles. The average Bonchev–Trinajstić information content (AvgIpc) is 1.67. The second kappa shape index (κ2) is 32.8. The lowest BCUT2D eigenvalue weighted by Gasteiger charge is -2.04. The molecular formula is C75H66N6O19S4. The molecule has 2 fully saturated rings. The number of hydrogen-bond acceptors (Lipinski definition) is 27. The number of epoxide rings is 2. The Morgan fingerprint density at radius 2 is 1.04 bits per heavy atom. The van der Waals surface area contributed by atoms with Crippen LogP contribution in [0.5, 0.6) is 34.5 Å². The fourth-order valence-electron chi connectivity index (χ4n) is 10.2. The molecule has 104 heavy (non-hydrogen) atoms. The Bertz CT molecular complexity index is 5530. The van der Waals surface area contributed by atoms with Crippen molar-refractivity contribution in [2.45, 2.75) is 46.3 Å². The number of nitrogens with zero attached hydrogens (tertiary/aromatic N) is 6. The fraction of sp³-hybridized carbons (Fsp3) is 0.213. The SMILES string of the molecule is COC(=O)c1cc2c(O)cccc2s1.COCOc1cccc2sc(C(=O)O)cc12.COc1cccc2oc(C(=O)CC(C)=O)cc12.Cc1cc(-c2cc3c(OC[C@@H]4CO4)cccc3o2)nn1C.Cc1noc(-c2cc3c(O)cccc3s2)n1.Cc1noc(-c2cc3c(OC[C@@H]4CO4)cccc3s2)n1. The van der Waals surface area contributed by atoms with Gasteiger partial charge in [-0.25, -0.2) is 9.59 Å². The Kier molecular flexibility index (Phi) is 22.8. The van der Waals surface area contributed by atoms with Crippen LogP contribution in [-0.2, 0) is 30.8 Å². The van der Waals surface area contributed by atoms with Crippen LogP contribution in [0.3, 0.4) is 0 Å². The van der Waals surface area contributed by atoms with Gasteiger partial charge in [-0.15, -0.1) is 45.3 Å². The summed E-state index contributed by atoms with van der Waals surface area (Å²) in [6.07, 6.45) is 0.356. The molecule has 0 aliphatic carbocycles. The zero-order chi connectivity index (χ0) is 73.1. The van der Waals surface area contributed by atoms with Crippen molar-refractivity contribution in [2.75, 3.05) is 54.5 Å². The number of Topliss-reactive ketones (excluding diaryl/α,β-unsaturated/α-hetero) is 2. The van der Waals surface area contributed by atoms with Gasteiger partial charge in [-0.3, -0.25) is 14.3 Å². The first kappa shape index (κ1) is 72.5. The van der Waals surface area contributed by atoms with Crippen molar-refractivity contribution in [3.8, 4) is 67.5 Å². The summed E-state index contributed by atoms with van der Waals surface area (Å²) in [7, 11) is 6.35. The number of rotatable bonds is 18. The summed E-state index contributed by atoms with van der Waals surface area (Å²) in [4.78, 5) is 55.7. The predicted molar refractivity (Wildman–Crippen MR) is 394 cm³/mol. The summed E-state index contributed by atoms with van der Waals surface area (Å²) < 4.78 is 69.2. The number of aryl methyl sites for hydroxylation is 4. The number of aromatic hydroxyl groups is 2. The molecule has 6 aromatic carbocycles. The van der Waals surface area contributed by atoms with E-state index >= 15 is 0 Å². The highest BCUT2D eigenvalue weighted by atomic mass is 32.1. The van der Waals surface area contributed by atoms with Gasteiger partial charge in [-0.2, -0.15) is 15.1 Å². The molecule has 9 aromatic heterocycles. The van der Waals surface area contributed by atoms with Crippen LogP contribution in [0.15, 0.2) is 170 Å². The number of esters is 1. The highest BCUT2D eigenvalue weighted by Crippen LogP contribution is 2.41. The Hall–Kier alpha value is -11.3. The number of fused-ring (bicyclic) bond motifs is 6. The van der Waals surface area contributed by atoms with Crippen LogP contribution in [0, 0.1) is 20.8 Å². The third-order valence-electron chi connectivity index (χ3n) is 15.5. The number of thiophene rings is 4. The minimum atomic E-state index is -0.918. The maximum atomic E-state index is 11.7. The molecule has 2 saturated heterocycles. The van der Waals surface area contributed by atoms with E-state index in [-0.39, 0.29) is 60.2 Å². The molecule has 2 aliphatic rings. The van der Waals surface area contributed by atoms with Gasteiger partial charge < -0.3 is 71.1 Å². The molecule has 0 radical (unpaired) electrons. The smallest absolute Gasteiger partial charge is 0.348 e. The highest BCUT2D eigenvalue weighted by molar-refractivity contribution is 7.23. The van der Waals surface area contributed by atoms with Crippen molar-refractivity contribution in [3.63, 3.8) is 0 Å². The number of furan rings is 2. The van der Waals surface area contributed by atoms with Crippen LogP contribution in [0.1, 0.15) is 60.6 Å². The van der Waals surface area contributed by atoms with Crippen LogP contribution in [-0.4, -0.2) is 136 Å². The van der Waals surface area contributed by atoms with Gasteiger partial charge in [0.05, 0.1) is 54.4 Å². The molecule has 534 valence electrons. The number of ketones is 2. The second-order valence-electron chi connectivity index (χ2n) is 23.2. The first-order chi connectivity index (χ1) is 50.3. The third kappa shape index (κ3) is 17.8. The van der Waals surface area contributed by atoms with Crippen LogP contribution in [0.2, 0.25) is 0 Å². The number of methoxy groups -OCH3 is 3. The van der Waals surface area contributed by atoms with E-state index in [9.17, 15) is 29.4 Å². The molecule has 2 atom stereocenters. The number of aromatic carboxylic acids is 1. The summed E-state index contributed by atoms with van der Waals surface area (Å²) in [6, 6.07) is 46.1. The highest BCUT2D eigenvalue weighted by Gasteiger charge is 2.26. The number of carbonyl (C=O) groups is 4. The van der Waals surface area contributed by atoms with Crippen molar-refractivity contribution in [1.82, 2.24) is 30.1 Å². The van der Waals surface area contributed by atoms with E-state index in [2.05, 4.69) is 36.2 Å². The van der Waals surface area contributed by atoms with Gasteiger partial charge in [0.25, 0.3) is 11.8 Å². The lowest BCUT2D eigenvalue weighted by molar-refractivity contribution is -0.116. The maximum Gasteiger partial charge on any atom is 0.348 e. The molecule has 0 bridgehead atoms. The second-order valence-corrected chi connectivity index (χ2v) is 27.5. The molecule has 0 spiro atoms. The molecule has 29 heteroatoms. The standard InChI is InChI=1S/C16H16N2O3.C14H12N2O3S.C13H12O4.C11H8N2O2S.C11H10O4S.C10H8O3S/c1-10-6-13(17-18(10)2)16-7-12-14(20-9-11-8-19-11)4-3-5-15(12)21-16;1-8-15-14(19-16-8)13-5-10-11(18-7-9-6-17-9)3-2-4-12(10)20-13;1-8(14)6-10(15)13-7-9-11(16-2)4-3-5-12(9)17-13;1-6-12-11(15-13-6)10-5-7-8(14)3-2-4-9(7)16-10;1-14-6-15-8-3-2-4-9-7(8)5-10(16-9)11(12)13;1-13-10(12)9-5-6-7(11)3-2-4-8(6)14-9/h3-7,11H,8-9H2,1-2H3;2-5,9H,6-7H2,1H3;3-5,7H,6H2,1-2H3;2-5,14H,1H3;2-5H,6H2,1H3,(H,12,13);2-5,11H,1H3/t11-;9-;;;;/m00..../s1. The Labute approximate surface area is 607 Å². The van der Waals surface area contributed by atoms with Gasteiger partial charge in [-0.05, 0) is 143 Å². The molecule has 0 saturated carbocycles. The van der Waals surface area contributed by atoms with Crippen molar-refractivity contribution < 1.29 is 90.3 Å². The predicted octanol–water partition coefficient (Wildman–Crippen LogP) is 16.5. The normalized spacial score (nSPS) is 13.3. The van der Waals surface area contributed by atoms with E-state index in [4.69, 9.17) is 56.1 Å². The Balaban J connectivity index is 0.000000118. The van der Waals surface area contributed by atoms with Crippen LogP contribution in [0.25, 0.3) is 95.3 Å². The van der Waals surface area contributed by atoms with Crippen molar-refractivity contribution in [3.05, 3.63) is 185 Å². The van der Waals surface area contributed by atoms with Crippen LogP contribution < -0.4 is 18.9 Å². The van der Waals surface area contributed by atoms with Gasteiger partial charge in [-0.1, -0.05) is 46.7 Å². The first-order valence-corrected chi connectivity index (χ1v) is 35.2. The summed E-state index contributed by atoms with van der Waals surface area (Å²) in [5.74, 6) is 4.92. The van der Waals surface area contributed by atoms with Crippen LogP contribution in [0.4, 0.5) is 0 Å². The van der Waals surface area contributed by atoms with Crippen molar-refractivity contribution >= 4 is 131 Å². The third-order valence-corrected chi connectivity index (χ3v) is 19.8. The summed E-state index contributed by atoms with van der Waals surface area (Å²) in [5, 5.41) is 45.2. The minimum Gasteiger partial charge on any atom is -0.507 e. The number of aromatic nitrogens is 6. The van der Waals surface area contributed by atoms with E-state index in [0.717, 1.165) is 103 Å². The van der Waals surface area contributed by atoms with Gasteiger partial charge >= 0.3 is 11.9 Å². The van der Waals surface area contributed by atoms with Crippen LogP contribution >= 0.6 is 45.3 Å². The largest absolute Gasteiger partial charge is 0.507 e. The zero-order valence-electron chi connectivity index (χ0n) is 57.0. The maximum absolute atomic E-state index is 11.7. The number of ether oxygens (including phenoxy) is 8. The number of benzene rings is 6. The minimum absolute atomic E-state index is 0.137. The fourth-order valence-corrected chi connectivity index (χ4v) is 14.1. The molecule has 3 N–H and O–H groups in total. The van der Waals surface area contributed by atoms with Gasteiger partial charge in [0.1, 0.15) is 92.3 Å². The molecular weight excluding hydrogens is 1420 g/mol. The molecule has 2 aliphatic heterocycles. The molecule has 25 nitrogen and oxygen atoms in total. The zero-order valence-corrected chi connectivity index (χ0v) is 60.3. The summed E-state index contributed by atoms with van der Waals surface area (Å²) >= 11 is 5.68. The monoisotopic (exact) mass is 1480 g/mol. The number of hydrogen-bond donors (Lipinski definition) is 3. The lowest BCUT2D eigenvalue weighted by Crippen LogP contribution is -2.03. The number of carboxylic acid groups (broad SMARTS) is 1. The van der Waals surface area contributed by atoms with E-state index in [1.807, 2.05) is 111 Å². The Morgan fingerprint density at radius 1 is 0.558 bits per heavy atom. The first-order valence-electron chi connectivity index (χ1n) is 31.9. The number of phenolic OH excluding ortho intramolecular Hbond substituents is 2. The number of phenols is 2. The molecule has 0 amide bonds. The van der Waals surface area contributed by atoms with Crippen molar-refractivity contribution in [1.29, 1.82) is 0 Å². The van der Waals surface area contributed by atoms with E-state index < -0.39 is 5.97 Å². The topological polar surface area (TPSA) is 331 Å². The lowest BCUT2D eigenvalue weighted by atomic mass is 10.1. The van der Waals surface area contributed by atoms with E-state index in [1.165, 1.54) is 55.2 Å². The quantitative estimate of drug-likeness (QED) is 0.0236. The van der Waals surface area contributed by atoms with Crippen molar-refractivity contribution in [2.24, 2.45) is 7.05 Å². The van der Waals surface area contributed by atoms with Gasteiger partial charge in [0.2, 0.25) is 5.78 Å². The van der Waals surface area contributed by atoms with Gasteiger partial charge in [0, 0.05) is 60.2 Å². The number of carbonyl (C=O) groups excluding carboxylic acids is 3. The van der Waals surface area contributed by atoms with E-state index in [1.54, 1.807) is 86.0 Å². The summed E-state index contributed by atoms with van der Waals surface area (Å²) in [6.45, 7) is 9.91.